The van der Waals surface area contributed by atoms with Crippen LogP contribution in [0.3, 0.4) is 0 Å². The van der Waals surface area contributed by atoms with Crippen LogP contribution < -0.4 is 15.8 Å². The Balaban J connectivity index is 2.34. The molecule has 0 radical (unpaired) electrons. The molecular formula is C13H12N4O4. The molecular weight excluding hydrogens is 276 g/mol. The van der Waals surface area contributed by atoms with E-state index < -0.39 is 4.92 Å². The zero-order valence-electron chi connectivity index (χ0n) is 11.1. The number of nitrogens with two attached hydrogens (primary N) is 1. The van der Waals surface area contributed by atoms with Gasteiger partial charge < -0.3 is 15.8 Å². The Labute approximate surface area is 119 Å². The largest absolute Gasteiger partial charge is 0.437 e. The van der Waals surface area contributed by atoms with Crippen molar-refractivity contribution in [1.29, 1.82) is 0 Å². The van der Waals surface area contributed by atoms with Gasteiger partial charge in [0, 0.05) is 6.92 Å². The Morgan fingerprint density at radius 2 is 2.10 bits per heavy atom. The van der Waals surface area contributed by atoms with Gasteiger partial charge in [0.25, 0.3) is 5.69 Å². The van der Waals surface area contributed by atoms with Gasteiger partial charge in [-0.1, -0.05) is 12.1 Å². The molecule has 0 aliphatic carbocycles. The predicted molar refractivity (Wildman–Crippen MR) is 76.1 cm³/mol. The highest BCUT2D eigenvalue weighted by molar-refractivity contribution is 5.90. The van der Waals surface area contributed by atoms with Gasteiger partial charge in [0.1, 0.15) is 5.82 Å². The van der Waals surface area contributed by atoms with Crippen molar-refractivity contribution in [2.75, 3.05) is 11.1 Å². The molecule has 3 N–H and O–H groups in total. The first-order valence-electron chi connectivity index (χ1n) is 5.92. The van der Waals surface area contributed by atoms with E-state index in [4.69, 9.17) is 10.5 Å². The minimum Gasteiger partial charge on any atom is -0.437 e. The summed E-state index contributed by atoms with van der Waals surface area (Å²) in [5.41, 5.74) is 5.70. The summed E-state index contributed by atoms with van der Waals surface area (Å²) in [5.74, 6) is -0.0200. The second-order valence-electron chi connectivity index (χ2n) is 4.12. The third-order valence-corrected chi connectivity index (χ3v) is 2.43. The molecule has 0 atom stereocenters. The number of nitrogens with one attached hydrogen (secondary N) is 1. The highest BCUT2D eigenvalue weighted by Gasteiger charge is 2.13. The predicted octanol–water partition coefficient (Wildman–Crippen LogP) is 2.32. The highest BCUT2D eigenvalue weighted by Crippen LogP contribution is 2.30. The van der Waals surface area contributed by atoms with Gasteiger partial charge in [-0.15, -0.1) is 0 Å². The van der Waals surface area contributed by atoms with Crippen LogP contribution >= 0.6 is 0 Å². The Hall–Kier alpha value is -3.16. The molecule has 1 amide bonds. The van der Waals surface area contributed by atoms with Gasteiger partial charge in [-0.05, 0) is 12.1 Å². The number of carbonyl (C=O) groups excluding carboxylic acids is 1. The fourth-order valence-corrected chi connectivity index (χ4v) is 1.63. The lowest BCUT2D eigenvalue weighted by atomic mass is 10.3. The monoisotopic (exact) mass is 288 g/mol. The van der Waals surface area contributed by atoms with Crippen LogP contribution in [-0.4, -0.2) is 15.8 Å². The molecule has 0 fully saturated rings. The smallest absolute Gasteiger partial charge is 0.278 e. The first kappa shape index (κ1) is 14.3. The number of ether oxygens (including phenoxy) is 1. The quantitative estimate of drug-likeness (QED) is 0.658. The van der Waals surface area contributed by atoms with Crippen LogP contribution in [0.1, 0.15) is 6.92 Å². The lowest BCUT2D eigenvalue weighted by Gasteiger charge is -2.10. The number of pyridine rings is 1. The number of nitrogens with zero attached hydrogens (tertiary/aromatic N) is 2. The molecule has 0 bridgehead atoms. The summed E-state index contributed by atoms with van der Waals surface area (Å²) in [6.45, 7) is 1.36. The highest BCUT2D eigenvalue weighted by atomic mass is 16.6. The van der Waals surface area contributed by atoms with Crippen LogP contribution in [0.25, 0.3) is 0 Å². The van der Waals surface area contributed by atoms with Crippen molar-refractivity contribution < 1.29 is 14.5 Å². The van der Waals surface area contributed by atoms with Crippen molar-refractivity contribution in [2.24, 2.45) is 0 Å². The maximum Gasteiger partial charge on any atom is 0.278 e. The van der Waals surface area contributed by atoms with Gasteiger partial charge in [0.05, 0.1) is 22.7 Å². The van der Waals surface area contributed by atoms with Gasteiger partial charge >= 0.3 is 0 Å². The van der Waals surface area contributed by atoms with E-state index in [9.17, 15) is 14.9 Å². The average molecular weight is 288 g/mol. The second kappa shape index (κ2) is 5.87. The molecule has 1 heterocycles. The molecule has 0 unspecified atom stereocenters. The van der Waals surface area contributed by atoms with Crippen molar-refractivity contribution in [1.82, 2.24) is 4.98 Å². The summed E-state index contributed by atoms with van der Waals surface area (Å²) < 4.78 is 5.47. The molecule has 0 aliphatic heterocycles. The summed E-state index contributed by atoms with van der Waals surface area (Å²) in [6.07, 6.45) is 0. The number of anilines is 2. The normalized spacial score (nSPS) is 9.95. The van der Waals surface area contributed by atoms with Gasteiger partial charge in [-0.2, -0.15) is 4.98 Å². The van der Waals surface area contributed by atoms with Crippen LogP contribution in [0, 0.1) is 10.1 Å². The molecule has 0 aliphatic rings. The molecule has 2 aromatic rings. The van der Waals surface area contributed by atoms with Crippen molar-refractivity contribution >= 4 is 23.1 Å². The Bertz CT molecular complexity index is 702. The standard InChI is InChI=1S/C13H12N4O4/c1-8(18)15-10-4-2-3-5-11(10)21-13-7-9(17(19)20)6-12(14)16-13/h2-7H,1H3,(H2,14,16)(H,15,18). The lowest BCUT2D eigenvalue weighted by Crippen LogP contribution is -2.07. The summed E-state index contributed by atoms with van der Waals surface area (Å²) in [7, 11) is 0. The molecule has 1 aromatic carbocycles. The summed E-state index contributed by atoms with van der Waals surface area (Å²) in [6, 6.07) is 8.93. The molecule has 2 rings (SSSR count). The maximum atomic E-state index is 11.1. The number of carbonyl (C=O) groups is 1. The van der Waals surface area contributed by atoms with Gasteiger partial charge in [0.2, 0.25) is 11.8 Å². The minimum absolute atomic E-state index is 0.0282. The van der Waals surface area contributed by atoms with Crippen LogP contribution in [0.2, 0.25) is 0 Å². The molecule has 0 saturated heterocycles. The van der Waals surface area contributed by atoms with E-state index in [2.05, 4.69) is 10.3 Å². The maximum absolute atomic E-state index is 11.1. The molecule has 1 aromatic heterocycles. The Kier molecular flexibility index (Phi) is 3.98. The number of rotatable bonds is 4. The lowest BCUT2D eigenvalue weighted by molar-refractivity contribution is -0.384. The number of hydrogen-bond acceptors (Lipinski definition) is 6. The van der Waals surface area contributed by atoms with Crippen molar-refractivity contribution in [3.63, 3.8) is 0 Å². The van der Waals surface area contributed by atoms with Crippen LogP contribution in [0.4, 0.5) is 17.2 Å². The van der Waals surface area contributed by atoms with E-state index in [0.29, 0.717) is 11.4 Å². The Morgan fingerprint density at radius 3 is 2.76 bits per heavy atom. The zero-order valence-corrected chi connectivity index (χ0v) is 11.1. The Morgan fingerprint density at radius 1 is 1.38 bits per heavy atom. The molecule has 108 valence electrons. The number of amides is 1. The molecule has 0 spiro atoms. The van der Waals surface area contributed by atoms with E-state index in [0.717, 1.165) is 12.1 Å². The third kappa shape index (κ3) is 3.66. The average Bonchev–Trinajstić information content (AvgIpc) is 2.39. The van der Waals surface area contributed by atoms with Crippen LogP contribution in [0.5, 0.6) is 11.6 Å². The van der Waals surface area contributed by atoms with Crippen LogP contribution in [-0.2, 0) is 4.79 Å². The van der Waals surface area contributed by atoms with E-state index >= 15 is 0 Å². The molecule has 8 nitrogen and oxygen atoms in total. The minimum atomic E-state index is -0.593. The summed E-state index contributed by atoms with van der Waals surface area (Å²) >= 11 is 0. The number of benzene rings is 1. The summed E-state index contributed by atoms with van der Waals surface area (Å²) in [4.78, 5) is 25.2. The second-order valence-corrected chi connectivity index (χ2v) is 4.12. The number of hydrogen-bond donors (Lipinski definition) is 2. The van der Waals surface area contributed by atoms with E-state index in [1.165, 1.54) is 6.92 Å². The number of para-hydroxylation sites is 2. The van der Waals surface area contributed by atoms with Crippen molar-refractivity contribution in [3.8, 4) is 11.6 Å². The van der Waals surface area contributed by atoms with Gasteiger partial charge in [-0.3, -0.25) is 14.9 Å². The number of nitro groups is 1. The zero-order chi connectivity index (χ0) is 15.4. The first-order chi connectivity index (χ1) is 9.95. The topological polar surface area (TPSA) is 120 Å². The van der Waals surface area contributed by atoms with Crippen LogP contribution in [0.15, 0.2) is 36.4 Å². The first-order valence-corrected chi connectivity index (χ1v) is 5.92. The molecule has 8 heteroatoms. The molecule has 0 saturated carbocycles. The third-order valence-electron chi connectivity index (χ3n) is 2.43. The van der Waals surface area contributed by atoms with E-state index in [1.807, 2.05) is 0 Å². The van der Waals surface area contributed by atoms with Gasteiger partial charge in [-0.25, -0.2) is 0 Å². The SMILES string of the molecule is CC(=O)Nc1ccccc1Oc1cc([N+](=O)[O-])cc(N)n1. The van der Waals surface area contributed by atoms with Crippen molar-refractivity contribution in [2.45, 2.75) is 6.92 Å². The fraction of sp³-hybridized carbons (Fsp3) is 0.0769. The molecule has 21 heavy (non-hydrogen) atoms. The summed E-state index contributed by atoms with van der Waals surface area (Å²) in [5, 5.41) is 13.4. The number of aromatic nitrogens is 1. The van der Waals surface area contributed by atoms with E-state index in [1.54, 1.807) is 24.3 Å². The van der Waals surface area contributed by atoms with Crippen molar-refractivity contribution in [3.05, 3.63) is 46.5 Å². The number of nitrogen functional groups attached to an aromatic ring is 1. The van der Waals surface area contributed by atoms with Gasteiger partial charge in [0.15, 0.2) is 5.75 Å². The van der Waals surface area contributed by atoms with E-state index in [-0.39, 0.29) is 23.3 Å². The fourth-order valence-electron chi connectivity index (χ4n) is 1.63.